The molecule has 1 unspecified atom stereocenters. The molecule has 104 valence electrons. The van der Waals surface area contributed by atoms with E-state index in [0.29, 0.717) is 17.2 Å². The molecule has 0 aromatic heterocycles. The normalized spacial score (nSPS) is 18.9. The van der Waals surface area contributed by atoms with Crippen molar-refractivity contribution in [2.45, 2.75) is 32.7 Å². The highest BCUT2D eigenvalue weighted by Crippen LogP contribution is 2.29. The molecule has 1 aliphatic rings. The summed E-state index contributed by atoms with van der Waals surface area (Å²) in [6.07, 6.45) is 2.06. The number of ether oxygens (including phenoxy) is 1. The quantitative estimate of drug-likeness (QED) is 0.912. The summed E-state index contributed by atoms with van der Waals surface area (Å²) in [5, 5.41) is 9.88. The molecular weight excluding hydrogens is 242 g/mol. The van der Waals surface area contributed by atoms with Crippen molar-refractivity contribution in [3.63, 3.8) is 0 Å². The SMILES string of the molecule is COc1ccc(O)c(C(=O)N2CCCC2C(C)C)c1. The fraction of sp³-hybridized carbons (Fsp3) is 0.533. The van der Waals surface area contributed by atoms with Gasteiger partial charge in [0.25, 0.3) is 5.91 Å². The van der Waals surface area contributed by atoms with E-state index < -0.39 is 0 Å². The second-order valence-corrected chi connectivity index (χ2v) is 5.34. The Hall–Kier alpha value is -1.71. The number of phenolic OH excluding ortho intramolecular Hbond substituents is 1. The van der Waals surface area contributed by atoms with Crippen molar-refractivity contribution >= 4 is 5.91 Å². The number of methoxy groups -OCH3 is 1. The summed E-state index contributed by atoms with van der Waals surface area (Å²) < 4.78 is 5.12. The highest BCUT2D eigenvalue weighted by molar-refractivity contribution is 5.97. The van der Waals surface area contributed by atoms with Gasteiger partial charge in [0.2, 0.25) is 0 Å². The van der Waals surface area contributed by atoms with Crippen LogP contribution in [-0.4, -0.2) is 35.6 Å². The van der Waals surface area contributed by atoms with Crippen molar-refractivity contribution in [3.05, 3.63) is 23.8 Å². The third kappa shape index (κ3) is 2.67. The van der Waals surface area contributed by atoms with Crippen LogP contribution in [0.1, 0.15) is 37.0 Å². The standard InChI is InChI=1S/C15H21NO3/c1-10(2)13-5-4-8-16(13)15(18)12-9-11(19-3)6-7-14(12)17/h6-7,9-10,13,17H,4-5,8H2,1-3H3. The molecule has 1 aromatic rings. The van der Waals surface area contributed by atoms with Crippen LogP contribution in [0, 0.1) is 5.92 Å². The number of aromatic hydroxyl groups is 1. The zero-order valence-corrected chi connectivity index (χ0v) is 11.7. The molecule has 2 rings (SSSR count). The number of carbonyl (C=O) groups excluding carboxylic acids is 1. The lowest BCUT2D eigenvalue weighted by Gasteiger charge is -2.28. The molecule has 0 spiro atoms. The van der Waals surface area contributed by atoms with Gasteiger partial charge < -0.3 is 14.7 Å². The Morgan fingerprint density at radius 2 is 2.21 bits per heavy atom. The molecule has 1 N–H and O–H groups in total. The fourth-order valence-corrected chi connectivity index (χ4v) is 2.71. The summed E-state index contributed by atoms with van der Waals surface area (Å²) in [5.41, 5.74) is 0.326. The van der Waals surface area contributed by atoms with Gasteiger partial charge >= 0.3 is 0 Å². The van der Waals surface area contributed by atoms with Gasteiger partial charge in [0.05, 0.1) is 12.7 Å². The maximum absolute atomic E-state index is 12.6. The smallest absolute Gasteiger partial charge is 0.258 e. The van der Waals surface area contributed by atoms with Crippen molar-refractivity contribution in [3.8, 4) is 11.5 Å². The van der Waals surface area contributed by atoms with Crippen LogP contribution >= 0.6 is 0 Å². The molecule has 1 amide bonds. The van der Waals surface area contributed by atoms with Gasteiger partial charge in [-0.2, -0.15) is 0 Å². The van der Waals surface area contributed by atoms with Crippen molar-refractivity contribution < 1.29 is 14.6 Å². The van der Waals surface area contributed by atoms with Crippen molar-refractivity contribution in [1.82, 2.24) is 4.90 Å². The van der Waals surface area contributed by atoms with Crippen LogP contribution in [0.15, 0.2) is 18.2 Å². The van der Waals surface area contributed by atoms with Gasteiger partial charge in [-0.1, -0.05) is 13.8 Å². The number of phenols is 1. The van der Waals surface area contributed by atoms with Crippen molar-refractivity contribution in [2.75, 3.05) is 13.7 Å². The Morgan fingerprint density at radius 3 is 2.84 bits per heavy atom. The van der Waals surface area contributed by atoms with Gasteiger partial charge in [-0.05, 0) is 37.0 Å². The zero-order chi connectivity index (χ0) is 14.0. The van der Waals surface area contributed by atoms with E-state index in [-0.39, 0.29) is 17.7 Å². The topological polar surface area (TPSA) is 49.8 Å². The molecule has 4 nitrogen and oxygen atoms in total. The third-order valence-corrected chi connectivity index (χ3v) is 3.76. The third-order valence-electron chi connectivity index (χ3n) is 3.76. The summed E-state index contributed by atoms with van der Waals surface area (Å²) in [6.45, 7) is 5.02. The Bertz CT molecular complexity index is 470. The summed E-state index contributed by atoms with van der Waals surface area (Å²) in [6, 6.07) is 5.02. The lowest BCUT2D eigenvalue weighted by atomic mass is 10.0. The minimum absolute atomic E-state index is 0.0141. The first kappa shape index (κ1) is 13.7. The maximum atomic E-state index is 12.6. The number of rotatable bonds is 3. The van der Waals surface area contributed by atoms with E-state index in [1.807, 2.05) is 4.90 Å². The molecular formula is C15H21NO3. The predicted octanol–water partition coefficient (Wildman–Crippen LogP) is 2.66. The number of hydrogen-bond acceptors (Lipinski definition) is 3. The monoisotopic (exact) mass is 263 g/mol. The molecule has 4 heteroatoms. The van der Waals surface area contributed by atoms with E-state index in [1.165, 1.54) is 6.07 Å². The molecule has 1 saturated heterocycles. The molecule has 0 radical (unpaired) electrons. The molecule has 0 bridgehead atoms. The number of likely N-dealkylation sites (tertiary alicyclic amines) is 1. The van der Waals surface area contributed by atoms with Crippen molar-refractivity contribution in [1.29, 1.82) is 0 Å². The number of hydrogen-bond donors (Lipinski definition) is 1. The average molecular weight is 263 g/mol. The number of amides is 1. The van der Waals surface area contributed by atoms with Gasteiger partial charge in [-0.15, -0.1) is 0 Å². The van der Waals surface area contributed by atoms with Crippen LogP contribution in [0.4, 0.5) is 0 Å². The first-order valence-electron chi connectivity index (χ1n) is 6.72. The zero-order valence-electron chi connectivity index (χ0n) is 11.7. The molecule has 0 aliphatic carbocycles. The summed E-state index contributed by atoms with van der Waals surface area (Å²) in [4.78, 5) is 14.4. The Balaban J connectivity index is 2.28. The first-order chi connectivity index (χ1) is 9.04. The van der Waals surface area contributed by atoms with E-state index in [2.05, 4.69) is 13.8 Å². The summed E-state index contributed by atoms with van der Waals surface area (Å²) in [7, 11) is 1.55. The van der Waals surface area contributed by atoms with Crippen molar-refractivity contribution in [2.24, 2.45) is 5.92 Å². The van der Waals surface area contributed by atoms with Gasteiger partial charge in [0, 0.05) is 12.6 Å². The molecule has 1 aromatic carbocycles. The summed E-state index contributed by atoms with van der Waals surface area (Å²) in [5.74, 6) is 0.924. The van der Waals surface area contributed by atoms with Crippen LogP contribution in [0.5, 0.6) is 11.5 Å². The highest BCUT2D eigenvalue weighted by atomic mass is 16.5. The van der Waals surface area contributed by atoms with Crippen LogP contribution in [-0.2, 0) is 0 Å². The minimum atomic E-state index is -0.104. The Labute approximate surface area is 114 Å². The fourth-order valence-electron chi connectivity index (χ4n) is 2.71. The highest BCUT2D eigenvalue weighted by Gasteiger charge is 2.32. The van der Waals surface area contributed by atoms with E-state index in [4.69, 9.17) is 4.74 Å². The average Bonchev–Trinajstić information content (AvgIpc) is 2.88. The van der Waals surface area contributed by atoms with E-state index in [9.17, 15) is 9.90 Å². The lowest BCUT2D eigenvalue weighted by Crippen LogP contribution is -2.38. The first-order valence-corrected chi connectivity index (χ1v) is 6.72. The van der Waals surface area contributed by atoms with Crippen LogP contribution < -0.4 is 4.74 Å². The Kier molecular flexibility index (Phi) is 3.98. The van der Waals surface area contributed by atoms with Gasteiger partial charge in [-0.25, -0.2) is 0 Å². The second-order valence-electron chi connectivity index (χ2n) is 5.34. The molecule has 1 aliphatic heterocycles. The molecule has 19 heavy (non-hydrogen) atoms. The van der Waals surface area contributed by atoms with E-state index >= 15 is 0 Å². The minimum Gasteiger partial charge on any atom is -0.507 e. The summed E-state index contributed by atoms with van der Waals surface area (Å²) >= 11 is 0. The Morgan fingerprint density at radius 1 is 1.47 bits per heavy atom. The number of nitrogens with zero attached hydrogens (tertiary/aromatic N) is 1. The lowest BCUT2D eigenvalue weighted by molar-refractivity contribution is 0.0698. The maximum Gasteiger partial charge on any atom is 0.258 e. The number of benzene rings is 1. The van der Waals surface area contributed by atoms with Crippen LogP contribution in [0.25, 0.3) is 0 Å². The van der Waals surface area contributed by atoms with Crippen LogP contribution in [0.2, 0.25) is 0 Å². The largest absolute Gasteiger partial charge is 0.507 e. The second kappa shape index (κ2) is 5.51. The van der Waals surface area contributed by atoms with Gasteiger partial charge in [-0.3, -0.25) is 4.79 Å². The molecule has 1 atom stereocenters. The molecule has 1 fully saturated rings. The molecule has 0 saturated carbocycles. The van der Waals surface area contributed by atoms with E-state index in [0.717, 1.165) is 19.4 Å². The van der Waals surface area contributed by atoms with E-state index in [1.54, 1.807) is 19.2 Å². The van der Waals surface area contributed by atoms with Gasteiger partial charge in [0.15, 0.2) is 0 Å². The predicted molar refractivity (Wildman–Crippen MR) is 73.6 cm³/mol. The molecule has 1 heterocycles. The van der Waals surface area contributed by atoms with Gasteiger partial charge in [0.1, 0.15) is 11.5 Å². The van der Waals surface area contributed by atoms with Crippen LogP contribution in [0.3, 0.4) is 0 Å². The number of carbonyl (C=O) groups is 1.